The predicted octanol–water partition coefficient (Wildman–Crippen LogP) is 4.47. The highest BCUT2D eigenvalue weighted by molar-refractivity contribution is 8.00. The van der Waals surface area contributed by atoms with Crippen molar-refractivity contribution in [3.8, 4) is 0 Å². The molecule has 27 heavy (non-hydrogen) atoms. The Morgan fingerprint density at radius 2 is 2.22 bits per heavy atom. The summed E-state index contributed by atoms with van der Waals surface area (Å²) in [5.41, 5.74) is 1.18. The molecule has 7 nitrogen and oxygen atoms in total. The molecule has 0 unspecified atom stereocenters. The van der Waals surface area contributed by atoms with Crippen molar-refractivity contribution in [1.29, 1.82) is 0 Å². The van der Waals surface area contributed by atoms with Crippen molar-refractivity contribution in [2.75, 3.05) is 11.1 Å². The molecule has 1 amide bonds. The Kier molecular flexibility index (Phi) is 4.98. The molecule has 0 bridgehead atoms. The summed E-state index contributed by atoms with van der Waals surface area (Å²) in [5.74, 6) is -0.274. The molecule has 0 atom stereocenters. The summed E-state index contributed by atoms with van der Waals surface area (Å²) in [6.45, 7) is 0. The van der Waals surface area contributed by atoms with E-state index in [0.717, 1.165) is 34.5 Å². The maximum Gasteiger partial charge on any atom is 0.292 e. The van der Waals surface area contributed by atoms with Crippen molar-refractivity contribution < 1.29 is 9.72 Å². The number of nitrogens with one attached hydrogen (secondary N) is 1. The fraction of sp³-hybridized carbons (Fsp3) is 0.235. The smallest absolute Gasteiger partial charge is 0.292 e. The van der Waals surface area contributed by atoms with E-state index in [0.29, 0.717) is 5.02 Å². The maximum atomic E-state index is 12.3. The van der Waals surface area contributed by atoms with E-state index in [2.05, 4.69) is 15.3 Å². The van der Waals surface area contributed by atoms with Crippen LogP contribution in [0.15, 0.2) is 29.6 Å². The second kappa shape index (κ2) is 7.41. The molecule has 4 rings (SSSR count). The second-order valence-corrected chi connectivity index (χ2v) is 8.46. The van der Waals surface area contributed by atoms with Crippen LogP contribution in [-0.4, -0.2) is 26.6 Å². The first-order valence-electron chi connectivity index (χ1n) is 8.15. The molecule has 1 aliphatic carbocycles. The van der Waals surface area contributed by atoms with E-state index >= 15 is 0 Å². The summed E-state index contributed by atoms with van der Waals surface area (Å²) in [6.07, 6.45) is 4.72. The second-order valence-electron chi connectivity index (χ2n) is 5.97. The summed E-state index contributed by atoms with van der Waals surface area (Å²) in [7, 11) is 0. The van der Waals surface area contributed by atoms with Gasteiger partial charge in [-0.1, -0.05) is 23.4 Å². The van der Waals surface area contributed by atoms with Gasteiger partial charge in [0.25, 0.3) is 5.69 Å². The fourth-order valence-corrected chi connectivity index (χ4v) is 5.39. The van der Waals surface area contributed by atoms with E-state index in [4.69, 9.17) is 11.6 Å². The standard InChI is InChI=1S/C17H13ClN4O3S2/c18-9-4-5-12(22(24)25)11(6-9)21-14(23)7-26-16-15-10-2-1-3-13(10)27-17(15)20-8-19-16/h4-6,8H,1-3,7H2,(H,21,23). The molecule has 3 aromatic rings. The molecule has 1 aromatic carbocycles. The Hall–Kier alpha value is -2.23. The number of aromatic nitrogens is 2. The van der Waals surface area contributed by atoms with Gasteiger partial charge in [-0.3, -0.25) is 14.9 Å². The topological polar surface area (TPSA) is 98.0 Å². The Morgan fingerprint density at radius 1 is 1.37 bits per heavy atom. The molecule has 138 valence electrons. The van der Waals surface area contributed by atoms with Crippen LogP contribution in [0.5, 0.6) is 0 Å². The van der Waals surface area contributed by atoms with Crippen molar-refractivity contribution >= 4 is 62.2 Å². The van der Waals surface area contributed by atoms with E-state index in [1.54, 1.807) is 11.3 Å². The molecule has 0 saturated carbocycles. The summed E-state index contributed by atoms with van der Waals surface area (Å²) in [6, 6.07) is 4.06. The number of nitrogens with zero attached hydrogens (tertiary/aromatic N) is 3. The number of hydrogen-bond acceptors (Lipinski definition) is 7. The number of anilines is 1. The molecule has 0 saturated heterocycles. The largest absolute Gasteiger partial charge is 0.320 e. The minimum Gasteiger partial charge on any atom is -0.320 e. The van der Waals surface area contributed by atoms with Gasteiger partial charge in [-0.2, -0.15) is 0 Å². The summed E-state index contributed by atoms with van der Waals surface area (Å²) < 4.78 is 0. The predicted molar refractivity (Wildman–Crippen MR) is 107 cm³/mol. The van der Waals surface area contributed by atoms with E-state index in [1.807, 2.05) is 0 Å². The zero-order valence-corrected chi connectivity index (χ0v) is 16.3. The number of aryl methyl sites for hydroxylation is 2. The summed E-state index contributed by atoms with van der Waals surface area (Å²) in [4.78, 5) is 33.9. The maximum absolute atomic E-state index is 12.3. The molecular weight excluding hydrogens is 408 g/mol. The molecule has 0 radical (unpaired) electrons. The van der Waals surface area contributed by atoms with Crippen molar-refractivity contribution in [3.63, 3.8) is 0 Å². The Labute approximate surface area is 167 Å². The van der Waals surface area contributed by atoms with Crippen LogP contribution >= 0.6 is 34.7 Å². The van der Waals surface area contributed by atoms with Crippen LogP contribution in [-0.2, 0) is 17.6 Å². The quantitative estimate of drug-likeness (QED) is 0.283. The van der Waals surface area contributed by atoms with Gasteiger partial charge in [-0.05, 0) is 37.0 Å². The Bertz CT molecular complexity index is 1070. The number of thioether (sulfide) groups is 1. The third-order valence-corrected chi connectivity index (χ3v) is 6.66. The highest BCUT2D eigenvalue weighted by Gasteiger charge is 2.22. The van der Waals surface area contributed by atoms with Gasteiger partial charge >= 0.3 is 0 Å². The Morgan fingerprint density at radius 3 is 3.04 bits per heavy atom. The molecule has 0 aliphatic heterocycles. The van der Waals surface area contributed by atoms with Crippen molar-refractivity contribution in [2.24, 2.45) is 0 Å². The van der Waals surface area contributed by atoms with Crippen molar-refractivity contribution in [2.45, 2.75) is 24.3 Å². The minimum atomic E-state index is -0.554. The SMILES string of the molecule is O=C(CSc1ncnc2sc3c(c12)CCC3)Nc1cc(Cl)ccc1[N+](=O)[O-]. The third kappa shape index (κ3) is 3.62. The number of thiophene rings is 1. The van der Waals surface area contributed by atoms with Crippen LogP contribution < -0.4 is 5.32 Å². The number of benzene rings is 1. The van der Waals surface area contributed by atoms with Crippen molar-refractivity contribution in [1.82, 2.24) is 9.97 Å². The van der Waals surface area contributed by atoms with Crippen LogP contribution in [0.2, 0.25) is 5.02 Å². The Balaban J connectivity index is 1.52. The highest BCUT2D eigenvalue weighted by Crippen LogP contribution is 2.40. The lowest BCUT2D eigenvalue weighted by Crippen LogP contribution is -2.15. The van der Waals surface area contributed by atoms with E-state index in [9.17, 15) is 14.9 Å². The first-order chi connectivity index (χ1) is 13.0. The van der Waals surface area contributed by atoms with E-state index < -0.39 is 4.92 Å². The van der Waals surface area contributed by atoms with Gasteiger partial charge in [-0.25, -0.2) is 9.97 Å². The van der Waals surface area contributed by atoms with Gasteiger partial charge in [0, 0.05) is 21.4 Å². The van der Waals surface area contributed by atoms with Crippen LogP contribution in [0.1, 0.15) is 16.9 Å². The molecule has 10 heteroatoms. The number of amides is 1. The number of carbonyl (C=O) groups is 1. The van der Waals surface area contributed by atoms with Crippen molar-refractivity contribution in [3.05, 3.63) is 50.1 Å². The number of nitro benzene ring substituents is 1. The van der Waals surface area contributed by atoms with Crippen LogP contribution in [0.3, 0.4) is 0 Å². The number of nitro groups is 1. The molecule has 1 N–H and O–H groups in total. The lowest BCUT2D eigenvalue weighted by molar-refractivity contribution is -0.383. The first kappa shape index (κ1) is 18.1. The van der Waals surface area contributed by atoms with Gasteiger partial charge in [-0.15, -0.1) is 11.3 Å². The number of fused-ring (bicyclic) bond motifs is 3. The molecule has 1 aliphatic rings. The fourth-order valence-electron chi connectivity index (χ4n) is 3.10. The van der Waals surface area contributed by atoms with E-state index in [1.165, 1.54) is 46.7 Å². The summed E-state index contributed by atoms with van der Waals surface area (Å²) >= 11 is 8.89. The molecule has 0 fully saturated rings. The van der Waals surface area contributed by atoms with Gasteiger partial charge in [0.15, 0.2) is 0 Å². The average molecular weight is 421 g/mol. The zero-order valence-electron chi connectivity index (χ0n) is 13.9. The minimum absolute atomic E-state index is 0.0837. The normalized spacial score (nSPS) is 12.9. The van der Waals surface area contributed by atoms with Gasteiger partial charge in [0.1, 0.15) is 21.9 Å². The number of carbonyl (C=O) groups excluding carboxylic acids is 1. The van der Waals surface area contributed by atoms with Gasteiger partial charge in [0.05, 0.1) is 10.7 Å². The number of rotatable bonds is 5. The number of halogens is 1. The lowest BCUT2D eigenvalue weighted by atomic mass is 10.2. The molecule has 2 heterocycles. The van der Waals surface area contributed by atoms with Gasteiger partial charge in [0.2, 0.25) is 5.91 Å². The molecule has 0 spiro atoms. The van der Waals surface area contributed by atoms with Crippen LogP contribution in [0.25, 0.3) is 10.2 Å². The third-order valence-electron chi connectivity index (χ3n) is 4.24. The summed E-state index contributed by atoms with van der Waals surface area (Å²) in [5, 5.41) is 15.8. The molecule has 2 aromatic heterocycles. The number of hydrogen-bond donors (Lipinski definition) is 1. The zero-order chi connectivity index (χ0) is 19.0. The monoisotopic (exact) mass is 420 g/mol. The lowest BCUT2D eigenvalue weighted by Gasteiger charge is -2.07. The van der Waals surface area contributed by atoms with E-state index in [-0.39, 0.29) is 23.0 Å². The molecular formula is C17H13ClN4O3S2. The van der Waals surface area contributed by atoms with Crippen LogP contribution in [0.4, 0.5) is 11.4 Å². The average Bonchev–Trinajstić information content (AvgIpc) is 3.20. The first-order valence-corrected chi connectivity index (χ1v) is 10.3. The van der Waals surface area contributed by atoms with Gasteiger partial charge < -0.3 is 5.32 Å². The highest BCUT2D eigenvalue weighted by atomic mass is 35.5. The van der Waals surface area contributed by atoms with Crippen LogP contribution in [0, 0.1) is 10.1 Å².